The normalized spacial score (nSPS) is 11.9. The molecule has 32 heteroatoms. The largest absolute Gasteiger partial charge is 0.505 e. The third kappa shape index (κ3) is 12.2. The molecule has 362 valence electrons. The van der Waals surface area contributed by atoms with Gasteiger partial charge in [-0.05, 0) is 47.9 Å². The second-order valence-electron chi connectivity index (χ2n) is 12.9. The average Bonchev–Trinajstić information content (AvgIpc) is 3.67. The smallest absolute Gasteiger partial charge is 0.358 e. The number of benzene rings is 5. The molecule has 0 amide bonds. The summed E-state index contributed by atoms with van der Waals surface area (Å²) in [4.78, 5) is 22.0. The van der Waals surface area contributed by atoms with E-state index in [0.717, 1.165) is 28.9 Å². The molecule has 0 unspecified atom stereocenters. The highest BCUT2D eigenvalue weighted by molar-refractivity contribution is 7.95. The van der Waals surface area contributed by atoms with Gasteiger partial charge in [0, 0.05) is 35.7 Å². The molecule has 69 heavy (non-hydrogen) atoms. The van der Waals surface area contributed by atoms with E-state index in [-0.39, 0.29) is 85.2 Å². The number of aliphatic hydroxyl groups excluding tert-OH is 2. The third-order valence-electron chi connectivity index (χ3n) is 8.75. The van der Waals surface area contributed by atoms with Crippen molar-refractivity contribution in [2.24, 2.45) is 30.7 Å². The average molecular weight is 1020 g/mol. The predicted molar refractivity (Wildman–Crippen MR) is 233 cm³/mol. The summed E-state index contributed by atoms with van der Waals surface area (Å²) >= 11 is 0.638. The van der Waals surface area contributed by atoms with Gasteiger partial charge in [0.1, 0.15) is 63.8 Å². The Labute approximate surface area is 393 Å². The summed E-state index contributed by atoms with van der Waals surface area (Å²) in [6.45, 7) is -1.54. The van der Waals surface area contributed by atoms with Crippen LogP contribution in [0.15, 0.2) is 118 Å². The van der Waals surface area contributed by atoms with Gasteiger partial charge in [-0.2, -0.15) is 18.2 Å². The molecule has 0 atom stereocenters. The Morgan fingerprint density at radius 3 is 1.96 bits per heavy atom. The van der Waals surface area contributed by atoms with Gasteiger partial charge in [-0.1, -0.05) is 10.1 Å². The highest BCUT2D eigenvalue weighted by Crippen LogP contribution is 2.47. The van der Waals surface area contributed by atoms with Crippen molar-refractivity contribution in [2.45, 2.75) is 14.7 Å². The fourth-order valence-corrected chi connectivity index (χ4v) is 7.38. The first-order chi connectivity index (χ1) is 33.1. The van der Waals surface area contributed by atoms with E-state index in [0.29, 0.717) is 24.1 Å². The molecule has 0 spiro atoms. The van der Waals surface area contributed by atoms with Crippen LogP contribution in [-0.2, 0) is 28.9 Å². The zero-order chi connectivity index (χ0) is 49.8. The molecule has 0 fully saturated rings. The molecule has 6 aromatic rings. The molecular weight excluding hydrogens is 987 g/mol. The number of hydrogen-bond donors (Lipinski definition) is 8. The molecule has 0 aliphatic rings. The van der Waals surface area contributed by atoms with Crippen molar-refractivity contribution in [3.05, 3.63) is 88.6 Å². The quantitative estimate of drug-likeness (QED) is 0.00749. The van der Waals surface area contributed by atoms with Gasteiger partial charge in [-0.25, -0.2) is 15.3 Å². The van der Waals surface area contributed by atoms with Crippen LogP contribution in [0.3, 0.4) is 0 Å². The maximum Gasteiger partial charge on any atom is 0.358 e. The first kappa shape index (κ1) is 50.9. The number of aromatic hydroxyl groups is 2. The van der Waals surface area contributed by atoms with Crippen LogP contribution in [0.25, 0.3) is 16.5 Å². The van der Waals surface area contributed by atoms with Crippen molar-refractivity contribution in [3.63, 3.8) is 0 Å². The number of ether oxygens (including phenoxy) is 3. The topological polar surface area (TPSA) is 413 Å². The Kier molecular flexibility index (Phi) is 17.0. The minimum absolute atomic E-state index is 0.00685. The minimum atomic E-state index is -4.81. The van der Waals surface area contributed by atoms with Crippen molar-refractivity contribution in [2.75, 3.05) is 33.5 Å². The second-order valence-corrected chi connectivity index (χ2v) is 15.8. The lowest BCUT2D eigenvalue weighted by Gasteiger charge is -2.13. The number of nitro benzene ring substituents is 1. The number of methoxy groups -OCH3 is 1. The first-order valence-electron chi connectivity index (χ1n) is 18.6. The molecule has 8 N–H and O–H groups in total. The van der Waals surface area contributed by atoms with E-state index in [9.17, 15) is 53.4 Å². The van der Waals surface area contributed by atoms with Gasteiger partial charge in [-0.3, -0.25) is 14.7 Å². The SMILES string of the molecule is COc1ccc(/N=N/c2cc(OCCO)c(/N=N/c3c(SOOO)cc4cc(-n5nc(C(=O)O)c(/N=N/c6ccc([N+](=O)[O-])cc6SOOO)c5O)ccc4c3O)cc2OCCO)c(S(=O)(=O)O)c1. The zero-order valence-electron chi connectivity index (χ0n) is 34.5. The van der Waals surface area contributed by atoms with Crippen LogP contribution in [0.2, 0.25) is 0 Å². The molecule has 0 bridgehead atoms. The van der Waals surface area contributed by atoms with Gasteiger partial charge >= 0.3 is 5.97 Å². The zero-order valence-corrected chi connectivity index (χ0v) is 36.9. The van der Waals surface area contributed by atoms with E-state index in [1.165, 1.54) is 55.6 Å². The van der Waals surface area contributed by atoms with Crippen LogP contribution in [0, 0.1) is 10.1 Å². The second kappa shape index (κ2) is 23.0. The van der Waals surface area contributed by atoms with Gasteiger partial charge in [0.05, 0.1) is 64.8 Å². The number of aliphatic hydroxyl groups is 2. The summed E-state index contributed by atoms with van der Waals surface area (Å²) in [5.41, 5.74) is -2.87. The minimum Gasteiger partial charge on any atom is -0.505 e. The van der Waals surface area contributed by atoms with Crippen molar-refractivity contribution in [1.82, 2.24) is 9.78 Å². The standard InChI is InChI=1S/C37H31N9O20S3/c1-60-21-4-7-24(31(15-21)69(57,58)59)39-40-25-16-28(62-11-9-48)26(17-27(25)61-10-8-47)41-42-32-30(68-66-64-56)13-18-12-19(2-5-22(18)35(32)49)45-36(50)33(34(44-45)37(51)52)43-38-23-6-3-20(46(53)54)14-29(23)67-65-63-55/h2-7,12-17,47-50,55-56H,8-11H2,1H3,(H,51,52)(H,57,58,59)/b40-39+,42-41+,43-38+. The highest BCUT2D eigenvalue weighted by Gasteiger charge is 2.26. The van der Waals surface area contributed by atoms with E-state index < -0.39 is 67.8 Å². The lowest BCUT2D eigenvalue weighted by atomic mass is 10.1. The van der Waals surface area contributed by atoms with Crippen LogP contribution in [0.5, 0.6) is 28.9 Å². The summed E-state index contributed by atoms with van der Waals surface area (Å²) in [5, 5.41) is 116. The monoisotopic (exact) mass is 1020 g/mol. The fraction of sp³-hybridized carbons (Fsp3) is 0.135. The third-order valence-corrected chi connectivity index (χ3v) is 10.9. The number of aromatic nitrogens is 2. The first-order valence-corrected chi connectivity index (χ1v) is 21.5. The number of non-ortho nitro benzene ring substituents is 1. The molecule has 0 aliphatic heterocycles. The molecule has 0 aliphatic carbocycles. The van der Waals surface area contributed by atoms with Gasteiger partial charge in [-0.15, -0.1) is 39.4 Å². The summed E-state index contributed by atoms with van der Waals surface area (Å²) in [6.07, 6.45) is 0. The summed E-state index contributed by atoms with van der Waals surface area (Å²) in [6, 6.07) is 14.5. The maximum absolute atomic E-state index is 12.3. The van der Waals surface area contributed by atoms with Crippen molar-refractivity contribution >= 4 is 90.8 Å². The van der Waals surface area contributed by atoms with Gasteiger partial charge in [0.15, 0.2) is 11.4 Å². The van der Waals surface area contributed by atoms with E-state index in [1.807, 2.05) is 0 Å². The number of nitrogens with zero attached hydrogens (tertiary/aromatic N) is 9. The van der Waals surface area contributed by atoms with Crippen LogP contribution >= 0.6 is 24.1 Å². The number of azo groups is 3. The number of rotatable bonds is 23. The molecule has 0 saturated heterocycles. The number of carboxylic acids is 1. The fourth-order valence-electron chi connectivity index (χ4n) is 5.78. The number of hydrogen-bond acceptors (Lipinski definition) is 27. The van der Waals surface area contributed by atoms with Gasteiger partial charge in [0.25, 0.3) is 15.8 Å². The van der Waals surface area contributed by atoms with E-state index >= 15 is 0 Å². The number of carboxylic acid groups (broad SMARTS) is 1. The molecule has 0 radical (unpaired) electrons. The molecular formula is C37H31N9O20S3. The number of aromatic carboxylic acids is 1. The number of fused-ring (bicyclic) bond motifs is 1. The molecule has 6 rings (SSSR count). The molecule has 1 aromatic heterocycles. The van der Waals surface area contributed by atoms with Gasteiger partial charge in [0.2, 0.25) is 11.6 Å². The molecule has 0 saturated carbocycles. The molecule has 5 aromatic carbocycles. The Morgan fingerprint density at radius 2 is 1.36 bits per heavy atom. The van der Waals surface area contributed by atoms with E-state index in [1.54, 1.807) is 0 Å². The van der Waals surface area contributed by atoms with Crippen LogP contribution < -0.4 is 14.2 Å². The highest BCUT2D eigenvalue weighted by atomic mass is 32.2. The Bertz CT molecular complexity index is 3100. The molecule has 1 heterocycles. The van der Waals surface area contributed by atoms with Crippen molar-refractivity contribution in [3.8, 4) is 34.6 Å². The summed E-state index contributed by atoms with van der Waals surface area (Å²) < 4.78 is 60.2. The number of phenolic OH excluding ortho intramolecular Hbond substituents is 1. The lowest BCUT2D eigenvalue weighted by molar-refractivity contribution is -0.432. The van der Waals surface area contributed by atoms with Crippen molar-refractivity contribution in [1.29, 1.82) is 0 Å². The predicted octanol–water partition coefficient (Wildman–Crippen LogP) is 8.14. The summed E-state index contributed by atoms with van der Waals surface area (Å²) in [7, 11) is -3.54. The summed E-state index contributed by atoms with van der Waals surface area (Å²) in [5.74, 6) is -3.20. The van der Waals surface area contributed by atoms with Crippen LogP contribution in [-0.4, -0.2) is 103 Å². The number of phenols is 1. The maximum atomic E-state index is 12.3. The Hall–Kier alpha value is -7.47. The number of nitro groups is 1. The van der Waals surface area contributed by atoms with E-state index in [2.05, 4.69) is 54.5 Å². The lowest BCUT2D eigenvalue weighted by Crippen LogP contribution is -2.04. The molecule has 29 nitrogen and oxygen atoms in total. The van der Waals surface area contributed by atoms with Gasteiger partial charge < -0.3 is 39.7 Å². The van der Waals surface area contributed by atoms with Crippen LogP contribution in [0.4, 0.5) is 39.8 Å². The van der Waals surface area contributed by atoms with E-state index in [4.69, 9.17) is 24.7 Å². The Balaban J connectivity index is 1.41. The van der Waals surface area contributed by atoms with Crippen LogP contribution in [0.1, 0.15) is 10.5 Å². The Morgan fingerprint density at radius 1 is 0.768 bits per heavy atom. The number of carbonyl (C=O) groups is 1. The van der Waals surface area contributed by atoms with Crippen molar-refractivity contribution < 1.29 is 91.7 Å².